The molecular formula is C11H15N3OS. The van der Waals surface area contributed by atoms with Crippen molar-refractivity contribution in [3.05, 3.63) is 29.8 Å². The van der Waals surface area contributed by atoms with Gasteiger partial charge in [-0.1, -0.05) is 11.8 Å². The SMILES string of the molecule is COc1ccc(/C(C)=N/N=C(/N)SC)cc1. The van der Waals surface area contributed by atoms with E-state index in [4.69, 9.17) is 10.5 Å². The first-order valence-corrected chi connectivity index (χ1v) is 5.96. The molecule has 0 unspecified atom stereocenters. The first-order valence-electron chi connectivity index (χ1n) is 4.73. The minimum Gasteiger partial charge on any atom is -0.497 e. The Morgan fingerprint density at radius 1 is 1.25 bits per heavy atom. The molecular weight excluding hydrogens is 222 g/mol. The third-order valence-corrected chi connectivity index (χ3v) is 2.52. The Morgan fingerprint density at radius 2 is 1.88 bits per heavy atom. The third-order valence-electron chi connectivity index (χ3n) is 2.02. The van der Waals surface area contributed by atoms with E-state index in [9.17, 15) is 0 Å². The van der Waals surface area contributed by atoms with E-state index in [1.807, 2.05) is 37.4 Å². The van der Waals surface area contributed by atoms with Gasteiger partial charge in [-0.25, -0.2) is 0 Å². The van der Waals surface area contributed by atoms with Gasteiger partial charge in [0.05, 0.1) is 12.8 Å². The van der Waals surface area contributed by atoms with Gasteiger partial charge in [-0.15, -0.1) is 5.10 Å². The molecule has 2 N–H and O–H groups in total. The average molecular weight is 237 g/mol. The zero-order valence-corrected chi connectivity index (χ0v) is 10.4. The maximum atomic E-state index is 5.53. The van der Waals surface area contributed by atoms with Gasteiger partial charge in [0.1, 0.15) is 5.75 Å². The van der Waals surface area contributed by atoms with Gasteiger partial charge in [0.25, 0.3) is 0 Å². The molecule has 0 heterocycles. The van der Waals surface area contributed by atoms with Crippen LogP contribution in [0, 0.1) is 0 Å². The van der Waals surface area contributed by atoms with Crippen LogP contribution in [0.15, 0.2) is 34.5 Å². The number of benzene rings is 1. The van der Waals surface area contributed by atoms with Crippen LogP contribution < -0.4 is 10.5 Å². The highest BCUT2D eigenvalue weighted by molar-refractivity contribution is 8.13. The number of ether oxygens (including phenoxy) is 1. The molecule has 0 saturated carbocycles. The molecule has 0 bridgehead atoms. The number of rotatable bonds is 3. The summed E-state index contributed by atoms with van der Waals surface area (Å²) in [6, 6.07) is 7.64. The molecule has 0 radical (unpaired) electrons. The van der Waals surface area contributed by atoms with E-state index in [0.29, 0.717) is 5.17 Å². The van der Waals surface area contributed by atoms with Crippen LogP contribution in [0.3, 0.4) is 0 Å². The number of hydrogen-bond donors (Lipinski definition) is 1. The van der Waals surface area contributed by atoms with Crippen LogP contribution in [0.5, 0.6) is 5.75 Å². The van der Waals surface area contributed by atoms with Crippen LogP contribution >= 0.6 is 11.8 Å². The first-order chi connectivity index (χ1) is 7.67. The van der Waals surface area contributed by atoms with E-state index in [1.165, 1.54) is 11.8 Å². The molecule has 0 aliphatic carbocycles. The monoisotopic (exact) mass is 237 g/mol. The van der Waals surface area contributed by atoms with Gasteiger partial charge in [-0.2, -0.15) is 5.10 Å². The molecule has 4 nitrogen and oxygen atoms in total. The van der Waals surface area contributed by atoms with Gasteiger partial charge < -0.3 is 10.5 Å². The fourth-order valence-electron chi connectivity index (χ4n) is 1.06. The minimum absolute atomic E-state index is 0.452. The molecule has 0 spiro atoms. The van der Waals surface area contributed by atoms with Gasteiger partial charge in [0, 0.05) is 0 Å². The highest BCUT2D eigenvalue weighted by Gasteiger charge is 1.97. The van der Waals surface area contributed by atoms with E-state index >= 15 is 0 Å². The summed E-state index contributed by atoms with van der Waals surface area (Å²) in [4.78, 5) is 0. The maximum Gasteiger partial charge on any atom is 0.180 e. The van der Waals surface area contributed by atoms with Crippen molar-refractivity contribution in [1.82, 2.24) is 0 Å². The standard InChI is InChI=1S/C11H15N3OS/c1-8(13-14-11(12)16-3)9-4-6-10(15-2)7-5-9/h4-7H,1-3H3,(H2,12,14)/b13-8+. The zero-order chi connectivity index (χ0) is 12.0. The van der Waals surface area contributed by atoms with E-state index in [2.05, 4.69) is 10.2 Å². The van der Waals surface area contributed by atoms with Crippen molar-refractivity contribution in [3.63, 3.8) is 0 Å². The van der Waals surface area contributed by atoms with Crippen LogP contribution in [-0.2, 0) is 0 Å². The van der Waals surface area contributed by atoms with Gasteiger partial charge in [0.15, 0.2) is 5.17 Å². The topological polar surface area (TPSA) is 60.0 Å². The molecule has 1 rings (SSSR count). The molecule has 86 valence electrons. The predicted octanol–water partition coefficient (Wildman–Crippen LogP) is 2.10. The molecule has 0 saturated heterocycles. The van der Waals surface area contributed by atoms with Crippen molar-refractivity contribution in [2.75, 3.05) is 13.4 Å². The number of nitrogens with two attached hydrogens (primary N) is 1. The molecule has 1 aromatic rings. The number of amidine groups is 1. The fraction of sp³-hybridized carbons (Fsp3) is 0.273. The molecule has 16 heavy (non-hydrogen) atoms. The van der Waals surface area contributed by atoms with E-state index in [1.54, 1.807) is 7.11 Å². The summed E-state index contributed by atoms with van der Waals surface area (Å²) in [7, 11) is 1.64. The van der Waals surface area contributed by atoms with Gasteiger partial charge in [-0.3, -0.25) is 0 Å². The lowest BCUT2D eigenvalue weighted by molar-refractivity contribution is 0.415. The summed E-state index contributed by atoms with van der Waals surface area (Å²) < 4.78 is 5.07. The third kappa shape index (κ3) is 3.58. The molecule has 0 aromatic heterocycles. The summed E-state index contributed by atoms with van der Waals surface area (Å²) in [5.74, 6) is 0.823. The van der Waals surface area contributed by atoms with Crippen molar-refractivity contribution in [2.45, 2.75) is 6.92 Å². The van der Waals surface area contributed by atoms with E-state index in [-0.39, 0.29) is 0 Å². The Labute approximate surface area is 99.6 Å². The van der Waals surface area contributed by atoms with Crippen LogP contribution in [0.2, 0.25) is 0 Å². The molecule has 0 amide bonds. The summed E-state index contributed by atoms with van der Waals surface area (Å²) in [6.45, 7) is 1.89. The Balaban J connectivity index is 2.83. The van der Waals surface area contributed by atoms with Crippen LogP contribution in [0.1, 0.15) is 12.5 Å². The van der Waals surface area contributed by atoms with Gasteiger partial charge >= 0.3 is 0 Å². The predicted molar refractivity (Wildman–Crippen MR) is 70.3 cm³/mol. The summed E-state index contributed by atoms with van der Waals surface area (Å²) in [5.41, 5.74) is 7.35. The second-order valence-corrected chi connectivity index (χ2v) is 3.88. The van der Waals surface area contributed by atoms with Crippen molar-refractivity contribution in [3.8, 4) is 5.75 Å². The molecule has 0 aliphatic rings. The van der Waals surface area contributed by atoms with E-state index in [0.717, 1.165) is 17.0 Å². The maximum absolute atomic E-state index is 5.53. The van der Waals surface area contributed by atoms with Crippen molar-refractivity contribution < 1.29 is 4.74 Å². The zero-order valence-electron chi connectivity index (χ0n) is 9.60. The highest BCUT2D eigenvalue weighted by atomic mass is 32.2. The van der Waals surface area contributed by atoms with Crippen molar-refractivity contribution >= 4 is 22.6 Å². The fourth-order valence-corrected chi connectivity index (χ4v) is 1.18. The lowest BCUT2D eigenvalue weighted by Crippen LogP contribution is -2.05. The molecule has 0 atom stereocenters. The van der Waals surface area contributed by atoms with Crippen LogP contribution in [-0.4, -0.2) is 24.2 Å². The van der Waals surface area contributed by atoms with Crippen LogP contribution in [0.25, 0.3) is 0 Å². The lowest BCUT2D eigenvalue weighted by atomic mass is 10.1. The first kappa shape index (κ1) is 12.6. The number of hydrogen-bond acceptors (Lipinski definition) is 4. The molecule has 5 heteroatoms. The van der Waals surface area contributed by atoms with Gasteiger partial charge in [0.2, 0.25) is 0 Å². The molecule has 0 fully saturated rings. The Hall–Kier alpha value is -1.49. The van der Waals surface area contributed by atoms with E-state index < -0.39 is 0 Å². The smallest absolute Gasteiger partial charge is 0.180 e. The number of thioether (sulfide) groups is 1. The Morgan fingerprint density at radius 3 is 2.38 bits per heavy atom. The second-order valence-electron chi connectivity index (χ2n) is 3.06. The highest BCUT2D eigenvalue weighted by Crippen LogP contribution is 2.12. The average Bonchev–Trinajstić information content (AvgIpc) is 2.35. The summed E-state index contributed by atoms with van der Waals surface area (Å²) in [6.07, 6.45) is 1.86. The van der Waals surface area contributed by atoms with Crippen molar-refractivity contribution in [2.24, 2.45) is 15.9 Å². The normalized spacial score (nSPS) is 12.7. The minimum atomic E-state index is 0.452. The molecule has 0 aliphatic heterocycles. The Kier molecular flexibility index (Phi) is 4.85. The largest absolute Gasteiger partial charge is 0.497 e. The Bertz CT molecular complexity index is 398. The van der Waals surface area contributed by atoms with Crippen molar-refractivity contribution in [1.29, 1.82) is 0 Å². The quantitative estimate of drug-likeness (QED) is 0.497. The number of methoxy groups -OCH3 is 1. The number of nitrogens with zero attached hydrogens (tertiary/aromatic N) is 2. The van der Waals surface area contributed by atoms with Crippen LogP contribution in [0.4, 0.5) is 0 Å². The lowest BCUT2D eigenvalue weighted by Gasteiger charge is -2.01. The summed E-state index contributed by atoms with van der Waals surface area (Å²) in [5, 5.41) is 8.37. The molecule has 1 aromatic carbocycles. The summed E-state index contributed by atoms with van der Waals surface area (Å²) >= 11 is 1.37. The van der Waals surface area contributed by atoms with Gasteiger partial charge in [-0.05, 0) is 43.0 Å². The second kappa shape index (κ2) is 6.17.